The van der Waals surface area contributed by atoms with Crippen LogP contribution in [0.1, 0.15) is 57.1 Å². The third-order valence-corrected chi connectivity index (χ3v) is 6.91. The highest BCUT2D eigenvalue weighted by molar-refractivity contribution is 6.14. The van der Waals surface area contributed by atoms with Crippen LogP contribution in [0.25, 0.3) is 11.1 Å². The summed E-state index contributed by atoms with van der Waals surface area (Å²) in [6.07, 6.45) is 3.04. The Morgan fingerprint density at radius 1 is 0.971 bits per heavy atom. The second kappa shape index (κ2) is 9.06. The van der Waals surface area contributed by atoms with E-state index in [-0.39, 0.29) is 18.1 Å². The second-order valence-electron chi connectivity index (χ2n) is 9.50. The highest BCUT2D eigenvalue weighted by Crippen LogP contribution is 2.35. The van der Waals surface area contributed by atoms with Crippen LogP contribution in [0.5, 0.6) is 0 Å². The number of nitrogens with zero attached hydrogens (tertiary/aromatic N) is 1. The average Bonchev–Trinajstić information content (AvgIpc) is 3.42. The largest absolute Gasteiger partial charge is 0.348 e. The lowest BCUT2D eigenvalue weighted by Gasteiger charge is -2.14. The van der Waals surface area contributed by atoms with Crippen LogP contribution in [-0.2, 0) is 24.2 Å². The molecule has 4 nitrogen and oxygen atoms in total. The Balaban J connectivity index is 1.41. The summed E-state index contributed by atoms with van der Waals surface area (Å²) >= 11 is 0. The number of carbonyl (C=O) groups excluding carboxylic acids is 2. The number of Topliss-reactive ketones (excluding diaryl/α,β-unsaturated/α-hetero) is 1. The number of hydrogen-bond donors (Lipinski definition) is 1. The van der Waals surface area contributed by atoms with E-state index in [9.17, 15) is 9.59 Å². The molecule has 3 aromatic carbocycles. The molecule has 0 saturated carbocycles. The van der Waals surface area contributed by atoms with Crippen LogP contribution in [0.15, 0.2) is 65.3 Å². The molecule has 2 aliphatic rings. The van der Waals surface area contributed by atoms with Gasteiger partial charge in [0.2, 0.25) is 0 Å². The van der Waals surface area contributed by atoms with Gasteiger partial charge in [0.05, 0.1) is 11.3 Å². The van der Waals surface area contributed by atoms with Crippen LogP contribution in [0.3, 0.4) is 0 Å². The summed E-state index contributed by atoms with van der Waals surface area (Å²) in [7, 11) is 0. The number of nitrogens with one attached hydrogen (secondary N) is 1. The minimum atomic E-state index is -0.396. The van der Waals surface area contributed by atoms with Crippen LogP contribution < -0.4 is 5.32 Å². The summed E-state index contributed by atoms with van der Waals surface area (Å²) in [5.74, 6) is -0.499. The van der Waals surface area contributed by atoms with Crippen LogP contribution in [0.2, 0.25) is 0 Å². The van der Waals surface area contributed by atoms with Crippen molar-refractivity contribution in [2.24, 2.45) is 4.99 Å². The number of fused-ring (bicyclic) bond motifs is 1. The van der Waals surface area contributed by atoms with Gasteiger partial charge in [-0.1, -0.05) is 42.5 Å². The molecule has 1 N–H and O–H groups in total. The fourth-order valence-electron chi connectivity index (χ4n) is 5.05. The van der Waals surface area contributed by atoms with Crippen molar-refractivity contribution in [2.45, 2.75) is 46.6 Å². The standard InChI is InChI=1S/C30H27FN2O2/c1-17-11-28(32-15-17)24-10-9-22(26-16-33-30(35)29(24)26)23-8-7-20(13-27(23)31)12-21(34)14-25-18(2)5-4-6-19(25)3/h4-10,13,15H,11-12,14,16H2,1-3H3,(H,33,35). The Hall–Kier alpha value is -3.86. The van der Waals surface area contributed by atoms with Gasteiger partial charge in [-0.05, 0) is 65.8 Å². The predicted molar refractivity (Wildman–Crippen MR) is 136 cm³/mol. The predicted octanol–water partition coefficient (Wildman–Crippen LogP) is 5.80. The number of amides is 1. The van der Waals surface area contributed by atoms with E-state index in [1.807, 2.05) is 57.3 Å². The van der Waals surface area contributed by atoms with E-state index in [2.05, 4.69) is 10.3 Å². The summed E-state index contributed by atoms with van der Waals surface area (Å²) in [5.41, 5.74) is 9.17. The van der Waals surface area contributed by atoms with Gasteiger partial charge in [0, 0.05) is 43.1 Å². The van der Waals surface area contributed by atoms with Gasteiger partial charge in [-0.15, -0.1) is 0 Å². The Morgan fingerprint density at radius 2 is 1.69 bits per heavy atom. The number of ketones is 1. The van der Waals surface area contributed by atoms with Gasteiger partial charge in [0.25, 0.3) is 5.91 Å². The molecule has 0 atom stereocenters. The Labute approximate surface area is 204 Å². The second-order valence-corrected chi connectivity index (χ2v) is 9.50. The van der Waals surface area contributed by atoms with Crippen molar-refractivity contribution in [3.8, 4) is 11.1 Å². The molecule has 0 spiro atoms. The van der Waals surface area contributed by atoms with Crippen molar-refractivity contribution in [1.82, 2.24) is 5.32 Å². The molecule has 2 aliphatic heterocycles. The number of carbonyl (C=O) groups is 2. The van der Waals surface area contributed by atoms with E-state index in [4.69, 9.17) is 0 Å². The zero-order valence-electron chi connectivity index (χ0n) is 20.2. The third-order valence-electron chi connectivity index (χ3n) is 6.91. The van der Waals surface area contributed by atoms with E-state index in [1.165, 1.54) is 6.07 Å². The maximum atomic E-state index is 15.3. The maximum Gasteiger partial charge on any atom is 0.252 e. The molecule has 0 aliphatic carbocycles. The van der Waals surface area contributed by atoms with Crippen molar-refractivity contribution in [2.75, 3.05) is 0 Å². The molecule has 3 aromatic rings. The van der Waals surface area contributed by atoms with Gasteiger partial charge in [0.1, 0.15) is 11.6 Å². The first kappa shape index (κ1) is 22.9. The summed E-state index contributed by atoms with van der Waals surface area (Å²) in [6, 6.07) is 14.7. The Morgan fingerprint density at radius 3 is 2.37 bits per heavy atom. The van der Waals surface area contributed by atoms with E-state index < -0.39 is 5.82 Å². The molecular formula is C30H27FN2O2. The summed E-state index contributed by atoms with van der Waals surface area (Å²) < 4.78 is 15.3. The fraction of sp³-hybridized carbons (Fsp3) is 0.233. The molecular weight excluding hydrogens is 439 g/mol. The van der Waals surface area contributed by atoms with E-state index in [1.54, 1.807) is 12.1 Å². The van der Waals surface area contributed by atoms with Crippen LogP contribution in [0, 0.1) is 19.7 Å². The zero-order chi connectivity index (χ0) is 24.7. The quantitative estimate of drug-likeness (QED) is 0.499. The topological polar surface area (TPSA) is 58.5 Å². The molecule has 35 heavy (non-hydrogen) atoms. The number of aliphatic imine (C=N–C) groups is 1. The lowest BCUT2D eigenvalue weighted by atomic mass is 9.89. The van der Waals surface area contributed by atoms with Crippen molar-refractivity contribution in [1.29, 1.82) is 0 Å². The summed E-state index contributed by atoms with van der Waals surface area (Å²) in [5, 5.41) is 2.88. The van der Waals surface area contributed by atoms with Crippen molar-refractivity contribution < 1.29 is 14.0 Å². The fourth-order valence-corrected chi connectivity index (χ4v) is 5.05. The van der Waals surface area contributed by atoms with Gasteiger partial charge in [0.15, 0.2) is 0 Å². The minimum absolute atomic E-state index is 0.0517. The molecule has 0 bridgehead atoms. The monoisotopic (exact) mass is 466 g/mol. The lowest BCUT2D eigenvalue weighted by molar-refractivity contribution is -0.117. The summed E-state index contributed by atoms with van der Waals surface area (Å²) in [6.45, 7) is 6.37. The molecule has 2 heterocycles. The van der Waals surface area contributed by atoms with Gasteiger partial charge in [-0.3, -0.25) is 14.6 Å². The third kappa shape index (κ3) is 4.34. The zero-order valence-corrected chi connectivity index (χ0v) is 20.2. The lowest BCUT2D eigenvalue weighted by Crippen LogP contribution is -2.15. The van der Waals surface area contributed by atoms with Crippen LogP contribution in [-0.4, -0.2) is 17.4 Å². The van der Waals surface area contributed by atoms with Gasteiger partial charge >= 0.3 is 0 Å². The molecule has 1 amide bonds. The summed E-state index contributed by atoms with van der Waals surface area (Å²) in [4.78, 5) is 29.9. The van der Waals surface area contributed by atoms with Crippen LogP contribution >= 0.6 is 0 Å². The van der Waals surface area contributed by atoms with Crippen molar-refractivity contribution in [3.63, 3.8) is 0 Å². The first-order valence-electron chi connectivity index (χ1n) is 11.8. The molecule has 0 saturated heterocycles. The molecule has 5 heteroatoms. The van der Waals surface area contributed by atoms with Crippen LogP contribution in [0.4, 0.5) is 4.39 Å². The molecule has 5 rings (SSSR count). The molecule has 0 radical (unpaired) electrons. The number of halogens is 1. The molecule has 0 fully saturated rings. The smallest absolute Gasteiger partial charge is 0.252 e. The normalized spacial score (nSPS) is 14.5. The van der Waals surface area contributed by atoms with E-state index >= 15 is 4.39 Å². The maximum absolute atomic E-state index is 15.3. The average molecular weight is 467 g/mol. The van der Waals surface area contributed by atoms with Gasteiger partial charge in [-0.2, -0.15) is 0 Å². The van der Waals surface area contributed by atoms with Gasteiger partial charge < -0.3 is 5.32 Å². The molecule has 0 unspecified atom stereocenters. The molecule has 176 valence electrons. The highest BCUT2D eigenvalue weighted by atomic mass is 19.1. The van der Waals surface area contributed by atoms with Gasteiger partial charge in [-0.25, -0.2) is 4.39 Å². The number of rotatable bonds is 6. The van der Waals surface area contributed by atoms with Crippen molar-refractivity contribution >= 4 is 17.4 Å². The SMILES string of the molecule is CC1=CN=C(c2ccc(-c3ccc(CC(=O)Cc4c(C)cccc4C)cc3F)c3c2C(=O)NC3)C1. The molecule has 0 aromatic heterocycles. The minimum Gasteiger partial charge on any atom is -0.348 e. The number of aryl methyl sites for hydroxylation is 2. The number of benzene rings is 3. The highest BCUT2D eigenvalue weighted by Gasteiger charge is 2.29. The Kier molecular flexibility index (Phi) is 5.93. The first-order chi connectivity index (χ1) is 16.8. The van der Waals surface area contributed by atoms with E-state index in [0.29, 0.717) is 41.6 Å². The number of hydrogen-bond acceptors (Lipinski definition) is 3. The van der Waals surface area contributed by atoms with E-state index in [0.717, 1.165) is 39.1 Å². The first-order valence-corrected chi connectivity index (χ1v) is 11.8. The Bertz CT molecular complexity index is 1430. The number of allylic oxidation sites excluding steroid dienone is 1. The van der Waals surface area contributed by atoms with Crippen molar-refractivity contribution in [3.05, 3.63) is 105 Å².